The van der Waals surface area contributed by atoms with Crippen molar-refractivity contribution in [2.24, 2.45) is 11.3 Å². The van der Waals surface area contributed by atoms with Gasteiger partial charge in [-0.25, -0.2) is 0 Å². The molecule has 0 radical (unpaired) electrons. The molecule has 2 aliphatic carbocycles. The topological polar surface area (TPSA) is 29.1 Å². The van der Waals surface area contributed by atoms with Crippen LogP contribution in [0.5, 0.6) is 0 Å². The van der Waals surface area contributed by atoms with E-state index in [0.29, 0.717) is 5.92 Å². The lowest BCUT2D eigenvalue weighted by Gasteiger charge is -2.31. The number of carbonyl (C=O) groups excluding carboxylic acids is 1. The number of amides is 1. The molecule has 2 heteroatoms. The molecule has 0 aromatic carbocycles. The van der Waals surface area contributed by atoms with Crippen LogP contribution in [-0.2, 0) is 4.79 Å². The predicted molar refractivity (Wildman–Crippen MR) is 66.0 cm³/mol. The number of carbonyl (C=O) groups is 1. The highest BCUT2D eigenvalue weighted by Gasteiger charge is 2.50. The predicted octanol–water partition coefficient (Wildman–Crippen LogP) is 3.04. The van der Waals surface area contributed by atoms with Gasteiger partial charge in [0.1, 0.15) is 0 Å². The molecule has 0 heterocycles. The second-order valence-corrected chi connectivity index (χ2v) is 6.34. The molecule has 1 amide bonds. The fraction of sp³-hybridized carbons (Fsp3) is 0.786. The number of rotatable bonds is 2. The smallest absolute Gasteiger partial charge is 0.225 e. The molecule has 0 aromatic rings. The lowest BCUT2D eigenvalue weighted by atomic mass is 9.84. The van der Waals surface area contributed by atoms with Gasteiger partial charge in [0.05, 0.1) is 0 Å². The van der Waals surface area contributed by atoms with Gasteiger partial charge in [-0.15, -0.1) is 0 Å². The molecule has 90 valence electrons. The molecule has 2 aliphatic rings. The molecular weight excluding hydrogens is 198 g/mol. The average Bonchev–Trinajstić information content (AvgIpc) is 2.99. The molecule has 0 bridgehead atoms. The summed E-state index contributed by atoms with van der Waals surface area (Å²) in [6.07, 6.45) is 10.4. The quantitative estimate of drug-likeness (QED) is 0.713. The van der Waals surface area contributed by atoms with Crippen LogP contribution in [0.25, 0.3) is 0 Å². The van der Waals surface area contributed by atoms with Crippen molar-refractivity contribution in [1.29, 1.82) is 0 Å². The van der Waals surface area contributed by atoms with E-state index < -0.39 is 0 Å². The number of nitrogens with one attached hydrogen (secondary N) is 1. The summed E-state index contributed by atoms with van der Waals surface area (Å²) in [4.78, 5) is 12.0. The van der Waals surface area contributed by atoms with Crippen molar-refractivity contribution >= 4 is 5.91 Å². The fourth-order valence-electron chi connectivity index (χ4n) is 2.48. The SMILES string of the molecule is CC(C)(C)C(=O)NC1(C2CC=CCC2)CC1. The highest BCUT2D eigenvalue weighted by molar-refractivity contribution is 5.82. The third-order valence-corrected chi connectivity index (χ3v) is 3.88. The van der Waals surface area contributed by atoms with Crippen molar-refractivity contribution in [3.8, 4) is 0 Å². The van der Waals surface area contributed by atoms with Crippen LogP contribution in [0.4, 0.5) is 0 Å². The van der Waals surface area contributed by atoms with E-state index in [2.05, 4.69) is 17.5 Å². The Hall–Kier alpha value is -0.790. The van der Waals surface area contributed by atoms with Crippen LogP contribution in [0.3, 0.4) is 0 Å². The minimum Gasteiger partial charge on any atom is -0.350 e. The Kier molecular flexibility index (Phi) is 2.85. The van der Waals surface area contributed by atoms with Gasteiger partial charge in [0.25, 0.3) is 0 Å². The van der Waals surface area contributed by atoms with Crippen molar-refractivity contribution in [2.45, 2.75) is 58.4 Å². The number of allylic oxidation sites excluding steroid dienone is 2. The molecule has 2 nitrogen and oxygen atoms in total. The summed E-state index contributed by atoms with van der Waals surface area (Å²) < 4.78 is 0. The van der Waals surface area contributed by atoms with Crippen LogP contribution < -0.4 is 5.32 Å². The zero-order chi connectivity index (χ0) is 11.8. The third kappa shape index (κ3) is 2.31. The maximum absolute atomic E-state index is 12.0. The molecule has 0 aromatic heterocycles. The molecule has 1 atom stereocenters. The first-order chi connectivity index (χ1) is 7.44. The van der Waals surface area contributed by atoms with E-state index in [4.69, 9.17) is 0 Å². The Morgan fingerprint density at radius 2 is 2.00 bits per heavy atom. The summed E-state index contributed by atoms with van der Waals surface area (Å²) in [6.45, 7) is 5.96. The van der Waals surface area contributed by atoms with Gasteiger partial charge in [-0.1, -0.05) is 32.9 Å². The van der Waals surface area contributed by atoms with Gasteiger partial charge in [0.2, 0.25) is 5.91 Å². The van der Waals surface area contributed by atoms with Crippen LogP contribution >= 0.6 is 0 Å². The molecule has 1 fully saturated rings. The van der Waals surface area contributed by atoms with Crippen molar-refractivity contribution in [1.82, 2.24) is 5.32 Å². The Morgan fingerprint density at radius 3 is 2.44 bits per heavy atom. The van der Waals surface area contributed by atoms with Crippen molar-refractivity contribution < 1.29 is 4.79 Å². The standard InChI is InChI=1S/C14H23NO/c1-13(2,3)12(16)15-14(9-10-14)11-7-5-4-6-8-11/h4-5,11H,6-10H2,1-3H3,(H,15,16). The van der Waals surface area contributed by atoms with Gasteiger partial charge in [0.15, 0.2) is 0 Å². The summed E-state index contributed by atoms with van der Waals surface area (Å²) >= 11 is 0. The summed E-state index contributed by atoms with van der Waals surface area (Å²) in [5.41, 5.74) is -0.116. The molecule has 16 heavy (non-hydrogen) atoms. The van der Waals surface area contributed by atoms with Crippen molar-refractivity contribution in [3.63, 3.8) is 0 Å². The normalized spacial score (nSPS) is 27.6. The molecule has 2 rings (SSSR count). The van der Waals surface area contributed by atoms with Crippen LogP contribution in [0.15, 0.2) is 12.2 Å². The number of hydrogen-bond donors (Lipinski definition) is 1. The minimum atomic E-state index is -0.264. The molecular formula is C14H23NO. The zero-order valence-electron chi connectivity index (χ0n) is 10.7. The van der Waals surface area contributed by atoms with E-state index in [1.165, 1.54) is 25.7 Å². The monoisotopic (exact) mass is 221 g/mol. The number of hydrogen-bond acceptors (Lipinski definition) is 1. The van der Waals surface area contributed by atoms with E-state index in [0.717, 1.165) is 6.42 Å². The third-order valence-electron chi connectivity index (χ3n) is 3.88. The summed E-state index contributed by atoms with van der Waals surface area (Å²) in [7, 11) is 0. The van der Waals surface area contributed by atoms with Gasteiger partial charge in [-0.05, 0) is 38.0 Å². The lowest BCUT2D eigenvalue weighted by molar-refractivity contribution is -0.130. The van der Waals surface area contributed by atoms with Gasteiger partial charge >= 0.3 is 0 Å². The Balaban J connectivity index is 1.98. The molecule has 0 aliphatic heterocycles. The van der Waals surface area contributed by atoms with Crippen LogP contribution in [0.2, 0.25) is 0 Å². The first kappa shape index (κ1) is 11.7. The molecule has 0 saturated heterocycles. The summed E-state index contributed by atoms with van der Waals surface area (Å²) in [5.74, 6) is 0.878. The first-order valence-electron chi connectivity index (χ1n) is 6.42. The van der Waals surface area contributed by atoms with Gasteiger partial charge in [0, 0.05) is 11.0 Å². The molecule has 1 unspecified atom stereocenters. The summed E-state index contributed by atoms with van der Waals surface area (Å²) in [6, 6.07) is 0. The lowest BCUT2D eigenvalue weighted by Crippen LogP contribution is -2.47. The van der Waals surface area contributed by atoms with E-state index in [-0.39, 0.29) is 16.9 Å². The highest BCUT2D eigenvalue weighted by atomic mass is 16.2. The second kappa shape index (κ2) is 3.90. The van der Waals surface area contributed by atoms with Crippen molar-refractivity contribution in [3.05, 3.63) is 12.2 Å². The fourth-order valence-corrected chi connectivity index (χ4v) is 2.48. The largest absolute Gasteiger partial charge is 0.350 e. The molecule has 0 spiro atoms. The van der Waals surface area contributed by atoms with Crippen LogP contribution in [0, 0.1) is 11.3 Å². The Morgan fingerprint density at radius 1 is 1.31 bits per heavy atom. The average molecular weight is 221 g/mol. The maximum Gasteiger partial charge on any atom is 0.225 e. The van der Waals surface area contributed by atoms with Gasteiger partial charge in [-0.2, -0.15) is 0 Å². The summed E-state index contributed by atoms with van der Waals surface area (Å²) in [5, 5.41) is 3.30. The van der Waals surface area contributed by atoms with E-state index >= 15 is 0 Å². The Labute approximate surface area is 98.5 Å². The van der Waals surface area contributed by atoms with E-state index in [9.17, 15) is 4.79 Å². The van der Waals surface area contributed by atoms with E-state index in [1.54, 1.807) is 0 Å². The maximum atomic E-state index is 12.0. The van der Waals surface area contributed by atoms with E-state index in [1.807, 2.05) is 20.8 Å². The van der Waals surface area contributed by atoms with Crippen LogP contribution in [-0.4, -0.2) is 11.4 Å². The molecule has 1 N–H and O–H groups in total. The van der Waals surface area contributed by atoms with Crippen molar-refractivity contribution in [2.75, 3.05) is 0 Å². The van der Waals surface area contributed by atoms with Gasteiger partial charge in [-0.3, -0.25) is 4.79 Å². The second-order valence-electron chi connectivity index (χ2n) is 6.34. The first-order valence-corrected chi connectivity index (χ1v) is 6.42. The highest BCUT2D eigenvalue weighted by Crippen LogP contribution is 2.47. The Bertz CT molecular complexity index is 307. The zero-order valence-corrected chi connectivity index (χ0v) is 10.7. The molecule has 1 saturated carbocycles. The minimum absolute atomic E-state index is 0.148. The van der Waals surface area contributed by atoms with Crippen LogP contribution in [0.1, 0.15) is 52.9 Å². The van der Waals surface area contributed by atoms with Gasteiger partial charge < -0.3 is 5.32 Å².